The van der Waals surface area contributed by atoms with Crippen molar-refractivity contribution in [3.8, 4) is 0 Å². The van der Waals surface area contributed by atoms with Crippen LogP contribution < -0.4 is 2.89 Å². The molecule has 10 heteroatoms. The number of hydrogen-bond donors (Lipinski definition) is 0. The standard InChI is InChI=1S/C14H24N3O3S2Si.3C4H9.Sn/c1-14(2,3)11(9-20-23(5)6)16(4)22(18,19)12-13-17(10-15-12)7-8-21-13;3*1-3-4-2;/h7,10-11,23H,9H2,1-6H3;3*1,3-4H2,2H3;. The average molecular weight is 665 g/mol. The summed E-state index contributed by atoms with van der Waals surface area (Å²) < 4.78 is 43.1. The Hall–Kier alpha value is 0.0556. The van der Waals surface area contributed by atoms with Crippen molar-refractivity contribution in [3.63, 3.8) is 0 Å². The Balaban J connectivity index is 2.54. The zero-order valence-corrected chi connectivity index (χ0v) is 29.9. The van der Waals surface area contributed by atoms with Crippen molar-refractivity contribution in [2.45, 2.75) is 118 Å². The molecule has 0 saturated carbocycles. The second kappa shape index (κ2) is 13.9. The van der Waals surface area contributed by atoms with Gasteiger partial charge in [0.15, 0.2) is 0 Å². The minimum atomic E-state index is -3.76. The second-order valence-electron chi connectivity index (χ2n) is 11.7. The molecule has 2 aromatic rings. The number of sulfonamides is 1. The normalized spacial score (nSPS) is 14.4. The molecule has 0 saturated heterocycles. The molecule has 208 valence electrons. The minimum absolute atomic E-state index is 0.207. The fourth-order valence-electron chi connectivity index (χ4n) is 4.98. The molecule has 36 heavy (non-hydrogen) atoms. The number of aromatic nitrogens is 2. The van der Waals surface area contributed by atoms with E-state index in [1.807, 2.05) is 4.40 Å². The van der Waals surface area contributed by atoms with Gasteiger partial charge in [0, 0.05) is 0 Å². The van der Waals surface area contributed by atoms with Gasteiger partial charge in [0.25, 0.3) is 0 Å². The van der Waals surface area contributed by atoms with Gasteiger partial charge in [-0.25, -0.2) is 0 Å². The number of rotatable bonds is 16. The van der Waals surface area contributed by atoms with E-state index in [0.29, 0.717) is 6.61 Å². The molecule has 0 N–H and O–H groups in total. The molecule has 0 bridgehead atoms. The molecule has 2 heterocycles. The molecular weight excluding hydrogens is 613 g/mol. The fourth-order valence-corrected chi connectivity index (χ4v) is 27.4. The van der Waals surface area contributed by atoms with Crippen molar-refractivity contribution in [2.75, 3.05) is 13.7 Å². The molecule has 0 spiro atoms. The molecule has 1 unspecified atom stereocenters. The number of imidazole rings is 1. The fraction of sp³-hybridized carbons (Fsp3) is 0.808. The van der Waals surface area contributed by atoms with E-state index in [2.05, 4.69) is 65.8 Å². The van der Waals surface area contributed by atoms with Gasteiger partial charge in [0.05, 0.1) is 0 Å². The predicted molar refractivity (Wildman–Crippen MR) is 161 cm³/mol. The van der Waals surface area contributed by atoms with E-state index >= 15 is 0 Å². The topological polar surface area (TPSA) is 63.9 Å². The third-order valence-electron chi connectivity index (χ3n) is 7.38. The number of nitrogens with zero attached hydrogens (tertiary/aromatic N) is 3. The predicted octanol–water partition coefficient (Wildman–Crippen LogP) is 6.49. The average Bonchev–Trinajstić information content (AvgIpc) is 3.39. The van der Waals surface area contributed by atoms with Crippen molar-refractivity contribution in [1.82, 2.24) is 13.7 Å². The summed E-state index contributed by atoms with van der Waals surface area (Å²) in [6, 6.07) is -0.259. The van der Waals surface area contributed by atoms with E-state index in [1.54, 1.807) is 24.7 Å². The quantitative estimate of drug-likeness (QED) is 0.193. The van der Waals surface area contributed by atoms with Crippen LogP contribution in [0.15, 0.2) is 17.6 Å². The van der Waals surface area contributed by atoms with Crippen LogP contribution >= 0.6 is 11.3 Å². The maximum atomic E-state index is 13.9. The van der Waals surface area contributed by atoms with Crippen LogP contribution in [0.25, 0.3) is 4.83 Å². The van der Waals surface area contributed by atoms with Crippen molar-refractivity contribution in [1.29, 1.82) is 0 Å². The number of likely N-dealkylation sites (N-methyl/N-ethyl adjacent to an activating group) is 1. The molecule has 2 aromatic heterocycles. The summed E-state index contributed by atoms with van der Waals surface area (Å²) in [4.78, 5) is 5.24. The Bertz CT molecular complexity index is 1020. The Labute approximate surface area is 230 Å². The van der Waals surface area contributed by atoms with E-state index in [9.17, 15) is 8.42 Å². The SMILES string of the molecule is CCC[CH2][Sn]([CH2]CCC)([CH2]CCC)[c]1cn2cnc(S(=O)(=O)N(C)C(CO[SiH](C)C)C(C)(C)C)c2s1. The molecular formula is C26H51N3O3S2SiSn. The van der Waals surface area contributed by atoms with E-state index in [-0.39, 0.29) is 16.5 Å². The number of hydrogen-bond acceptors (Lipinski definition) is 5. The van der Waals surface area contributed by atoms with Gasteiger partial charge in [-0.3, -0.25) is 0 Å². The van der Waals surface area contributed by atoms with Crippen LogP contribution in [-0.2, 0) is 14.4 Å². The zero-order chi connectivity index (χ0) is 27.1. The van der Waals surface area contributed by atoms with E-state index < -0.39 is 37.4 Å². The van der Waals surface area contributed by atoms with Gasteiger partial charge in [-0.15, -0.1) is 0 Å². The first kappa shape index (κ1) is 32.3. The van der Waals surface area contributed by atoms with Crippen molar-refractivity contribution in [2.24, 2.45) is 5.41 Å². The summed E-state index contributed by atoms with van der Waals surface area (Å²) in [6.45, 7) is 17.8. The van der Waals surface area contributed by atoms with Gasteiger partial charge in [-0.05, 0) is 0 Å². The van der Waals surface area contributed by atoms with Crippen LogP contribution in [0.4, 0.5) is 0 Å². The van der Waals surface area contributed by atoms with Crippen molar-refractivity contribution < 1.29 is 12.8 Å². The van der Waals surface area contributed by atoms with Gasteiger partial charge in [-0.2, -0.15) is 0 Å². The van der Waals surface area contributed by atoms with Gasteiger partial charge >= 0.3 is 232 Å². The van der Waals surface area contributed by atoms with Crippen molar-refractivity contribution in [3.05, 3.63) is 12.5 Å². The Morgan fingerprint density at radius 1 is 1.08 bits per heavy atom. The zero-order valence-electron chi connectivity index (χ0n) is 24.3. The molecule has 0 aliphatic carbocycles. The van der Waals surface area contributed by atoms with E-state index in [4.69, 9.17) is 4.43 Å². The summed E-state index contributed by atoms with van der Waals surface area (Å²) in [7, 11) is -3.34. The van der Waals surface area contributed by atoms with Gasteiger partial charge in [-0.1, -0.05) is 0 Å². The molecule has 0 radical (unpaired) electrons. The molecule has 6 nitrogen and oxygen atoms in total. The van der Waals surface area contributed by atoms with Crippen LogP contribution in [0, 0.1) is 5.41 Å². The second-order valence-corrected chi connectivity index (χ2v) is 31.3. The summed E-state index contributed by atoms with van der Waals surface area (Å²) in [5.41, 5.74) is -0.253. The molecule has 2 rings (SSSR count). The molecule has 0 aromatic carbocycles. The van der Waals surface area contributed by atoms with Crippen LogP contribution in [0.2, 0.25) is 26.4 Å². The van der Waals surface area contributed by atoms with Gasteiger partial charge in [0.2, 0.25) is 0 Å². The third-order valence-corrected chi connectivity index (χ3v) is 29.4. The summed E-state index contributed by atoms with van der Waals surface area (Å²) in [6.07, 6.45) is 11.5. The number of fused-ring (bicyclic) bond motifs is 1. The number of unbranched alkanes of at least 4 members (excludes halogenated alkanes) is 3. The van der Waals surface area contributed by atoms with E-state index in [0.717, 1.165) is 4.83 Å². The molecule has 0 aliphatic rings. The Morgan fingerprint density at radius 2 is 1.61 bits per heavy atom. The summed E-state index contributed by atoms with van der Waals surface area (Å²) >= 11 is -0.927. The van der Waals surface area contributed by atoms with Crippen molar-refractivity contribution >= 4 is 56.5 Å². The molecule has 0 fully saturated rings. The Morgan fingerprint density at radius 3 is 2.06 bits per heavy atom. The third kappa shape index (κ3) is 7.80. The summed E-state index contributed by atoms with van der Waals surface area (Å²) in [5, 5.41) is 0.207. The van der Waals surface area contributed by atoms with Gasteiger partial charge < -0.3 is 0 Å². The Kier molecular flexibility index (Phi) is 12.5. The first-order chi connectivity index (χ1) is 16.8. The number of thiazole rings is 1. The maximum absolute atomic E-state index is 13.9. The van der Waals surface area contributed by atoms with Crippen LogP contribution in [-0.4, -0.2) is 69.2 Å². The van der Waals surface area contributed by atoms with Crippen LogP contribution in [0.1, 0.15) is 80.1 Å². The molecule has 0 amide bonds. The monoisotopic (exact) mass is 665 g/mol. The van der Waals surface area contributed by atoms with Crippen LogP contribution in [0.3, 0.4) is 0 Å². The first-order valence-electron chi connectivity index (χ1n) is 13.9. The summed E-state index contributed by atoms with van der Waals surface area (Å²) in [5.74, 6) is 0. The van der Waals surface area contributed by atoms with Crippen LogP contribution in [0.5, 0.6) is 0 Å². The van der Waals surface area contributed by atoms with Gasteiger partial charge in [0.1, 0.15) is 0 Å². The first-order valence-corrected chi connectivity index (χ1v) is 26.4. The van der Waals surface area contributed by atoms with E-state index in [1.165, 1.54) is 59.0 Å². The molecule has 0 aliphatic heterocycles. The molecule has 1 atom stereocenters.